The SMILES string of the molecule is Cc1ccccc1[C@@H](C)CC(=O)NC(C)(CO)CO. The molecule has 4 heteroatoms. The second kappa shape index (κ2) is 6.68. The van der Waals surface area contributed by atoms with E-state index in [0.717, 1.165) is 11.1 Å². The number of hydrogen-bond acceptors (Lipinski definition) is 3. The first kappa shape index (κ1) is 15.7. The van der Waals surface area contributed by atoms with E-state index in [2.05, 4.69) is 5.32 Å². The number of nitrogens with one attached hydrogen (secondary N) is 1. The minimum atomic E-state index is -0.956. The van der Waals surface area contributed by atoms with Crippen LogP contribution in [0.25, 0.3) is 0 Å². The first-order valence-electron chi connectivity index (χ1n) is 6.50. The maximum Gasteiger partial charge on any atom is 0.221 e. The average Bonchev–Trinajstić information content (AvgIpc) is 2.38. The molecule has 0 saturated carbocycles. The fourth-order valence-electron chi connectivity index (χ4n) is 2.04. The molecule has 19 heavy (non-hydrogen) atoms. The van der Waals surface area contributed by atoms with Gasteiger partial charge < -0.3 is 15.5 Å². The van der Waals surface area contributed by atoms with E-state index in [4.69, 9.17) is 10.2 Å². The van der Waals surface area contributed by atoms with Crippen molar-refractivity contribution in [1.29, 1.82) is 0 Å². The first-order chi connectivity index (χ1) is 8.91. The number of aliphatic hydroxyl groups is 2. The lowest BCUT2D eigenvalue weighted by Gasteiger charge is -2.27. The molecular weight excluding hydrogens is 242 g/mol. The van der Waals surface area contributed by atoms with Gasteiger partial charge in [0.05, 0.1) is 18.8 Å². The normalized spacial score (nSPS) is 13.1. The summed E-state index contributed by atoms with van der Waals surface area (Å²) >= 11 is 0. The van der Waals surface area contributed by atoms with Crippen LogP contribution in [0, 0.1) is 6.92 Å². The van der Waals surface area contributed by atoms with Gasteiger partial charge in [0.1, 0.15) is 0 Å². The first-order valence-corrected chi connectivity index (χ1v) is 6.50. The fourth-order valence-corrected chi connectivity index (χ4v) is 2.04. The van der Waals surface area contributed by atoms with Crippen molar-refractivity contribution in [2.45, 2.75) is 38.6 Å². The molecule has 1 rings (SSSR count). The lowest BCUT2D eigenvalue weighted by molar-refractivity contribution is -0.124. The highest BCUT2D eigenvalue weighted by molar-refractivity contribution is 5.77. The van der Waals surface area contributed by atoms with Crippen LogP contribution in [-0.2, 0) is 4.79 Å². The second-order valence-corrected chi connectivity index (χ2v) is 5.39. The van der Waals surface area contributed by atoms with E-state index in [1.165, 1.54) is 0 Å². The molecule has 106 valence electrons. The number of benzene rings is 1. The molecule has 0 aromatic heterocycles. The Hall–Kier alpha value is -1.39. The Morgan fingerprint density at radius 3 is 2.42 bits per heavy atom. The summed E-state index contributed by atoms with van der Waals surface area (Å²) in [6.07, 6.45) is 0.334. The molecule has 3 N–H and O–H groups in total. The van der Waals surface area contributed by atoms with Crippen LogP contribution < -0.4 is 5.32 Å². The third-order valence-electron chi connectivity index (χ3n) is 3.35. The Balaban J connectivity index is 2.65. The molecule has 0 aliphatic rings. The Morgan fingerprint density at radius 2 is 1.89 bits per heavy atom. The molecule has 0 radical (unpaired) electrons. The topological polar surface area (TPSA) is 69.6 Å². The minimum Gasteiger partial charge on any atom is -0.394 e. The summed E-state index contributed by atoms with van der Waals surface area (Å²) in [5.41, 5.74) is 1.35. The fraction of sp³-hybridized carbons (Fsp3) is 0.533. The number of rotatable bonds is 6. The van der Waals surface area contributed by atoms with Crippen molar-refractivity contribution in [2.75, 3.05) is 13.2 Å². The van der Waals surface area contributed by atoms with Crippen LogP contribution in [0.3, 0.4) is 0 Å². The van der Waals surface area contributed by atoms with Crippen molar-refractivity contribution in [3.63, 3.8) is 0 Å². The van der Waals surface area contributed by atoms with E-state index < -0.39 is 5.54 Å². The van der Waals surface area contributed by atoms with Crippen LogP contribution in [0.15, 0.2) is 24.3 Å². The summed E-state index contributed by atoms with van der Waals surface area (Å²) < 4.78 is 0. The monoisotopic (exact) mass is 265 g/mol. The highest BCUT2D eigenvalue weighted by Crippen LogP contribution is 2.22. The zero-order valence-electron chi connectivity index (χ0n) is 11.8. The van der Waals surface area contributed by atoms with Crippen LogP contribution in [0.2, 0.25) is 0 Å². The summed E-state index contributed by atoms with van der Waals surface area (Å²) in [6, 6.07) is 7.97. The molecule has 4 nitrogen and oxygen atoms in total. The zero-order chi connectivity index (χ0) is 14.5. The van der Waals surface area contributed by atoms with Gasteiger partial charge in [0.15, 0.2) is 0 Å². The van der Waals surface area contributed by atoms with E-state index >= 15 is 0 Å². The molecule has 0 fully saturated rings. The molecule has 1 atom stereocenters. The molecule has 1 aromatic rings. The number of carbonyl (C=O) groups excluding carboxylic acids is 1. The van der Waals surface area contributed by atoms with Gasteiger partial charge in [0.25, 0.3) is 0 Å². The van der Waals surface area contributed by atoms with Crippen molar-refractivity contribution in [3.05, 3.63) is 35.4 Å². The van der Waals surface area contributed by atoms with Gasteiger partial charge in [-0.1, -0.05) is 31.2 Å². The largest absolute Gasteiger partial charge is 0.394 e. The molecule has 1 aromatic carbocycles. The Bertz CT molecular complexity index is 427. The van der Waals surface area contributed by atoms with Crippen molar-refractivity contribution >= 4 is 5.91 Å². The number of carbonyl (C=O) groups is 1. The number of aliphatic hydroxyl groups excluding tert-OH is 2. The third-order valence-corrected chi connectivity index (χ3v) is 3.35. The van der Waals surface area contributed by atoms with E-state index in [0.29, 0.717) is 6.42 Å². The number of amides is 1. The van der Waals surface area contributed by atoms with Gasteiger partial charge in [0, 0.05) is 6.42 Å². The maximum absolute atomic E-state index is 11.9. The van der Waals surface area contributed by atoms with Crippen molar-refractivity contribution in [1.82, 2.24) is 5.32 Å². The molecule has 0 aliphatic heterocycles. The van der Waals surface area contributed by atoms with Gasteiger partial charge in [-0.05, 0) is 30.9 Å². The van der Waals surface area contributed by atoms with Gasteiger partial charge in [-0.25, -0.2) is 0 Å². The van der Waals surface area contributed by atoms with E-state index in [1.54, 1.807) is 6.92 Å². The van der Waals surface area contributed by atoms with Crippen LogP contribution in [0.5, 0.6) is 0 Å². The summed E-state index contributed by atoms with van der Waals surface area (Å²) in [5.74, 6) is -0.0656. The maximum atomic E-state index is 11.9. The summed E-state index contributed by atoms with van der Waals surface area (Å²) in [7, 11) is 0. The molecule has 0 saturated heterocycles. The molecule has 0 aliphatic carbocycles. The highest BCUT2D eigenvalue weighted by Gasteiger charge is 2.25. The average molecular weight is 265 g/mol. The van der Waals surface area contributed by atoms with Crippen molar-refractivity contribution < 1.29 is 15.0 Å². The lowest BCUT2D eigenvalue weighted by atomic mass is 9.93. The standard InChI is InChI=1S/C15H23NO3/c1-11-6-4-5-7-13(11)12(2)8-14(19)16-15(3,9-17)10-18/h4-7,12,17-18H,8-10H2,1-3H3,(H,16,19)/t12-/m0/s1. The van der Waals surface area contributed by atoms with E-state index in [-0.39, 0.29) is 25.0 Å². The Labute approximate surface area is 114 Å². The third kappa shape index (κ3) is 4.33. The van der Waals surface area contributed by atoms with Crippen molar-refractivity contribution in [3.8, 4) is 0 Å². The summed E-state index contributed by atoms with van der Waals surface area (Å²) in [6.45, 7) is 5.07. The summed E-state index contributed by atoms with van der Waals surface area (Å²) in [5, 5.41) is 21.0. The molecule has 0 bridgehead atoms. The molecule has 0 heterocycles. The van der Waals surface area contributed by atoms with Gasteiger partial charge in [-0.15, -0.1) is 0 Å². The number of aryl methyl sites for hydroxylation is 1. The zero-order valence-corrected chi connectivity index (χ0v) is 11.8. The Kier molecular flexibility index (Phi) is 5.51. The molecule has 0 unspecified atom stereocenters. The summed E-state index contributed by atoms with van der Waals surface area (Å²) in [4.78, 5) is 11.9. The van der Waals surface area contributed by atoms with E-state index in [1.807, 2.05) is 38.1 Å². The second-order valence-electron chi connectivity index (χ2n) is 5.39. The van der Waals surface area contributed by atoms with Crippen LogP contribution in [0.4, 0.5) is 0 Å². The van der Waals surface area contributed by atoms with Gasteiger partial charge in [0.2, 0.25) is 5.91 Å². The highest BCUT2D eigenvalue weighted by atomic mass is 16.3. The predicted octanol–water partition coefficient (Wildman–Crippen LogP) is 1.35. The van der Waals surface area contributed by atoms with Crippen LogP contribution in [0.1, 0.15) is 37.3 Å². The van der Waals surface area contributed by atoms with Crippen molar-refractivity contribution in [2.24, 2.45) is 0 Å². The van der Waals surface area contributed by atoms with Gasteiger partial charge in [-0.3, -0.25) is 4.79 Å². The quantitative estimate of drug-likeness (QED) is 0.727. The van der Waals surface area contributed by atoms with Gasteiger partial charge in [-0.2, -0.15) is 0 Å². The van der Waals surface area contributed by atoms with Gasteiger partial charge >= 0.3 is 0 Å². The van der Waals surface area contributed by atoms with Crippen LogP contribution in [-0.4, -0.2) is 34.9 Å². The smallest absolute Gasteiger partial charge is 0.221 e. The Morgan fingerprint density at radius 1 is 1.32 bits per heavy atom. The van der Waals surface area contributed by atoms with Crippen LogP contribution >= 0.6 is 0 Å². The molecule has 1 amide bonds. The molecular formula is C15H23NO3. The van der Waals surface area contributed by atoms with E-state index in [9.17, 15) is 4.79 Å². The predicted molar refractivity (Wildman–Crippen MR) is 74.9 cm³/mol. The molecule has 0 spiro atoms. The lowest BCUT2D eigenvalue weighted by Crippen LogP contribution is -2.51. The number of hydrogen-bond donors (Lipinski definition) is 3. The minimum absolute atomic E-state index is 0.0998.